The number of nitrogens with one attached hydrogen (secondary N) is 1. The molecule has 0 amide bonds. The van der Waals surface area contributed by atoms with Gasteiger partial charge in [0.05, 0.1) is 12.1 Å². The van der Waals surface area contributed by atoms with Crippen LogP contribution in [0.5, 0.6) is 0 Å². The molecule has 2 heterocycles. The third-order valence-electron chi connectivity index (χ3n) is 3.63. The Labute approximate surface area is 117 Å². The molecule has 3 N–H and O–H groups in total. The van der Waals surface area contributed by atoms with Crippen molar-refractivity contribution in [3.8, 4) is 0 Å². The summed E-state index contributed by atoms with van der Waals surface area (Å²) < 4.78 is 33.4. The molecule has 1 saturated carbocycles. The number of hydrogen-bond acceptors (Lipinski definition) is 5. The van der Waals surface area contributed by atoms with E-state index in [1.54, 1.807) is 12.1 Å². The van der Waals surface area contributed by atoms with Gasteiger partial charge in [0.2, 0.25) is 10.0 Å². The van der Waals surface area contributed by atoms with E-state index in [2.05, 4.69) is 4.72 Å². The van der Waals surface area contributed by atoms with Gasteiger partial charge in [-0.15, -0.1) is 11.3 Å². The van der Waals surface area contributed by atoms with Gasteiger partial charge in [0, 0.05) is 18.0 Å². The lowest BCUT2D eigenvalue weighted by atomic mass is 10.1. The predicted octanol–water partition coefficient (Wildman–Crippen LogP) is 1.05. The lowest BCUT2D eigenvalue weighted by Gasteiger charge is -2.18. The number of rotatable bonds is 5. The first-order chi connectivity index (χ1) is 9.10. The van der Waals surface area contributed by atoms with Gasteiger partial charge in [-0.1, -0.05) is 0 Å². The Morgan fingerprint density at radius 1 is 1.37 bits per heavy atom. The third kappa shape index (κ3) is 2.85. The van der Waals surface area contributed by atoms with Crippen LogP contribution in [0, 0.1) is 5.92 Å². The topological polar surface area (TPSA) is 81.4 Å². The number of ether oxygens (including phenoxy) is 1. The van der Waals surface area contributed by atoms with Crippen molar-refractivity contribution in [1.82, 2.24) is 4.72 Å². The van der Waals surface area contributed by atoms with Gasteiger partial charge in [0.25, 0.3) is 0 Å². The smallest absolute Gasteiger partial charge is 0.250 e. The lowest BCUT2D eigenvalue weighted by molar-refractivity contribution is 0.0848. The number of hydrogen-bond donors (Lipinski definition) is 2. The van der Waals surface area contributed by atoms with Gasteiger partial charge in [-0.3, -0.25) is 0 Å². The fraction of sp³-hybridized carbons (Fsp3) is 0.667. The molecule has 3 rings (SSSR count). The average Bonchev–Trinajstić information content (AvgIpc) is 2.92. The summed E-state index contributed by atoms with van der Waals surface area (Å²) in [6.07, 6.45) is 3.12. The van der Waals surface area contributed by atoms with E-state index in [0.29, 0.717) is 23.3 Å². The molecule has 1 aromatic heterocycles. The highest BCUT2D eigenvalue weighted by Gasteiger charge is 2.42. The van der Waals surface area contributed by atoms with E-state index in [-0.39, 0.29) is 12.1 Å². The summed E-state index contributed by atoms with van der Waals surface area (Å²) in [5.74, 6) is 0.540. The van der Waals surface area contributed by atoms with Gasteiger partial charge in [0.15, 0.2) is 0 Å². The summed E-state index contributed by atoms with van der Waals surface area (Å²) in [6, 6.07) is 3.31. The molecule has 106 valence electrons. The molecule has 5 nitrogen and oxygen atoms in total. The van der Waals surface area contributed by atoms with Gasteiger partial charge < -0.3 is 10.5 Å². The Morgan fingerprint density at radius 3 is 2.79 bits per heavy atom. The van der Waals surface area contributed by atoms with E-state index in [4.69, 9.17) is 10.5 Å². The average molecular weight is 302 g/mol. The zero-order valence-corrected chi connectivity index (χ0v) is 12.2. The lowest BCUT2D eigenvalue weighted by Crippen LogP contribution is -2.41. The van der Waals surface area contributed by atoms with Crippen molar-refractivity contribution in [2.75, 3.05) is 6.61 Å². The quantitative estimate of drug-likeness (QED) is 0.852. The molecule has 2 unspecified atom stereocenters. The van der Waals surface area contributed by atoms with Crippen molar-refractivity contribution < 1.29 is 13.2 Å². The molecule has 2 fully saturated rings. The Bertz CT molecular complexity index is 551. The van der Waals surface area contributed by atoms with Gasteiger partial charge in [-0.25, -0.2) is 13.1 Å². The third-order valence-corrected chi connectivity index (χ3v) is 6.72. The molecule has 0 aromatic carbocycles. The van der Waals surface area contributed by atoms with Crippen LogP contribution in [0.25, 0.3) is 0 Å². The predicted molar refractivity (Wildman–Crippen MR) is 73.4 cm³/mol. The molecule has 1 saturated heterocycles. The van der Waals surface area contributed by atoms with Crippen LogP contribution in [-0.2, 0) is 21.3 Å². The highest BCUT2D eigenvalue weighted by atomic mass is 32.2. The monoisotopic (exact) mass is 302 g/mol. The van der Waals surface area contributed by atoms with Gasteiger partial charge in [-0.05, 0) is 37.3 Å². The van der Waals surface area contributed by atoms with E-state index >= 15 is 0 Å². The number of thiophene rings is 1. The van der Waals surface area contributed by atoms with Crippen LogP contribution in [-0.4, -0.2) is 27.2 Å². The summed E-state index contributed by atoms with van der Waals surface area (Å²) in [4.78, 5) is 0.877. The Morgan fingerprint density at radius 2 is 2.16 bits per heavy atom. The van der Waals surface area contributed by atoms with Crippen LogP contribution in [0.3, 0.4) is 0 Å². The molecular weight excluding hydrogens is 284 g/mol. The normalized spacial score (nSPS) is 27.8. The maximum absolute atomic E-state index is 12.3. The highest BCUT2D eigenvalue weighted by molar-refractivity contribution is 7.91. The van der Waals surface area contributed by atoms with Crippen molar-refractivity contribution in [2.24, 2.45) is 11.7 Å². The fourth-order valence-corrected chi connectivity index (χ4v) is 5.03. The van der Waals surface area contributed by atoms with Crippen molar-refractivity contribution in [3.05, 3.63) is 17.0 Å². The molecule has 1 aromatic rings. The first-order valence-electron chi connectivity index (χ1n) is 6.53. The SMILES string of the molecule is NCc1ccc(S(=O)(=O)NC2CCOC2C2CC2)s1. The van der Waals surface area contributed by atoms with Crippen LogP contribution < -0.4 is 10.5 Å². The molecule has 2 atom stereocenters. The first kappa shape index (κ1) is 13.5. The van der Waals surface area contributed by atoms with Crippen LogP contribution in [0.2, 0.25) is 0 Å². The van der Waals surface area contributed by atoms with Crippen molar-refractivity contribution in [3.63, 3.8) is 0 Å². The fourth-order valence-electron chi connectivity index (χ4n) is 2.50. The first-order valence-corrected chi connectivity index (χ1v) is 8.83. The van der Waals surface area contributed by atoms with Crippen molar-refractivity contribution in [2.45, 2.75) is 42.2 Å². The zero-order chi connectivity index (χ0) is 13.5. The van der Waals surface area contributed by atoms with Crippen molar-refractivity contribution in [1.29, 1.82) is 0 Å². The molecule has 0 bridgehead atoms. The van der Waals surface area contributed by atoms with Crippen molar-refractivity contribution >= 4 is 21.4 Å². The Hall–Kier alpha value is -0.470. The van der Waals surface area contributed by atoms with Crippen LogP contribution in [0.15, 0.2) is 16.3 Å². The maximum Gasteiger partial charge on any atom is 0.250 e. The largest absolute Gasteiger partial charge is 0.376 e. The maximum atomic E-state index is 12.3. The summed E-state index contributed by atoms with van der Waals surface area (Å²) in [6.45, 7) is 1.02. The highest BCUT2D eigenvalue weighted by Crippen LogP contribution is 2.39. The molecule has 0 radical (unpaired) electrons. The van der Waals surface area contributed by atoms with Gasteiger partial charge >= 0.3 is 0 Å². The summed E-state index contributed by atoms with van der Waals surface area (Å²) >= 11 is 1.23. The molecule has 1 aliphatic carbocycles. The van der Waals surface area contributed by atoms with Gasteiger partial charge in [-0.2, -0.15) is 0 Å². The molecular formula is C12H18N2O3S2. The van der Waals surface area contributed by atoms with E-state index in [1.807, 2.05) is 0 Å². The summed E-state index contributed by atoms with van der Waals surface area (Å²) in [5.41, 5.74) is 5.52. The number of nitrogens with two attached hydrogens (primary N) is 1. The molecule has 0 spiro atoms. The van der Waals surface area contributed by atoms with E-state index in [0.717, 1.165) is 24.1 Å². The minimum absolute atomic E-state index is 0.0590. The second-order valence-electron chi connectivity index (χ2n) is 5.11. The zero-order valence-electron chi connectivity index (χ0n) is 10.5. The van der Waals surface area contributed by atoms with Crippen LogP contribution in [0.4, 0.5) is 0 Å². The minimum Gasteiger partial charge on any atom is -0.376 e. The number of sulfonamides is 1. The standard InChI is InChI=1S/C12H18N2O3S2/c13-7-9-3-4-11(18-9)19(15,16)14-10-5-6-17-12(10)8-1-2-8/h3-4,8,10,12,14H,1-2,5-7,13H2. The molecule has 2 aliphatic rings. The van der Waals surface area contributed by atoms with Crippen LogP contribution in [0.1, 0.15) is 24.1 Å². The van der Waals surface area contributed by atoms with E-state index < -0.39 is 10.0 Å². The second kappa shape index (κ2) is 5.14. The Kier molecular flexibility index (Phi) is 3.65. The minimum atomic E-state index is -3.44. The Balaban J connectivity index is 1.73. The molecule has 19 heavy (non-hydrogen) atoms. The van der Waals surface area contributed by atoms with E-state index in [9.17, 15) is 8.42 Å². The summed E-state index contributed by atoms with van der Waals surface area (Å²) in [7, 11) is -3.44. The molecule has 7 heteroatoms. The van der Waals surface area contributed by atoms with Gasteiger partial charge in [0.1, 0.15) is 4.21 Å². The van der Waals surface area contributed by atoms with E-state index in [1.165, 1.54) is 11.3 Å². The summed E-state index contributed by atoms with van der Waals surface area (Å²) in [5, 5.41) is 0. The second-order valence-corrected chi connectivity index (χ2v) is 8.22. The van der Waals surface area contributed by atoms with Crippen LogP contribution >= 0.6 is 11.3 Å². The molecule has 1 aliphatic heterocycles.